The van der Waals surface area contributed by atoms with Gasteiger partial charge in [-0.1, -0.05) is 0 Å². The molecule has 1 aliphatic rings. The summed E-state index contributed by atoms with van der Waals surface area (Å²) in [5.41, 5.74) is 0.313. The molecule has 114 valence electrons. The van der Waals surface area contributed by atoms with Crippen molar-refractivity contribution >= 4 is 16.9 Å². The highest BCUT2D eigenvalue weighted by Gasteiger charge is 2.27. The van der Waals surface area contributed by atoms with E-state index in [9.17, 15) is 5.11 Å². The largest absolute Gasteiger partial charge is 0.390 e. The van der Waals surface area contributed by atoms with Gasteiger partial charge in [0.05, 0.1) is 23.7 Å². The number of aryl methyl sites for hydroxylation is 1. The van der Waals surface area contributed by atoms with Crippen LogP contribution in [0.1, 0.15) is 25.6 Å². The van der Waals surface area contributed by atoms with E-state index in [1.54, 1.807) is 10.9 Å². The van der Waals surface area contributed by atoms with Crippen LogP contribution < -0.4 is 5.32 Å². The second kappa shape index (κ2) is 5.23. The van der Waals surface area contributed by atoms with Crippen molar-refractivity contribution in [2.45, 2.75) is 31.9 Å². The van der Waals surface area contributed by atoms with E-state index >= 15 is 0 Å². The van der Waals surface area contributed by atoms with Crippen molar-refractivity contribution in [1.29, 1.82) is 0 Å². The lowest BCUT2D eigenvalue weighted by Gasteiger charge is -2.35. The zero-order valence-corrected chi connectivity index (χ0v) is 12.8. The number of aliphatic hydroxyl groups is 1. The quantitative estimate of drug-likeness (QED) is 0.868. The molecule has 1 saturated heterocycles. The number of rotatable bonds is 3. The summed E-state index contributed by atoms with van der Waals surface area (Å²) in [6.45, 7) is 4.34. The zero-order valence-electron chi connectivity index (χ0n) is 12.8. The molecule has 0 aromatic carbocycles. The summed E-state index contributed by atoms with van der Waals surface area (Å²) in [6.07, 6.45) is 3.36. The van der Waals surface area contributed by atoms with Gasteiger partial charge in [-0.3, -0.25) is 9.58 Å². The Morgan fingerprint density at radius 3 is 2.71 bits per heavy atom. The molecule has 21 heavy (non-hydrogen) atoms. The fraction of sp³-hybridized carbons (Fsp3) is 0.643. The van der Waals surface area contributed by atoms with Crippen LogP contribution in [0.3, 0.4) is 0 Å². The minimum absolute atomic E-state index is 0.528. The van der Waals surface area contributed by atoms with Crippen molar-refractivity contribution in [2.75, 3.05) is 25.5 Å². The van der Waals surface area contributed by atoms with Gasteiger partial charge in [-0.2, -0.15) is 5.10 Å². The van der Waals surface area contributed by atoms with E-state index in [0.29, 0.717) is 6.54 Å². The van der Waals surface area contributed by atoms with E-state index in [0.717, 1.165) is 48.6 Å². The number of likely N-dealkylation sites (tertiary alicyclic amines) is 1. The molecule has 2 N–H and O–H groups in total. The number of fused-ring (bicyclic) bond motifs is 1. The van der Waals surface area contributed by atoms with Gasteiger partial charge in [0.1, 0.15) is 11.6 Å². The minimum atomic E-state index is -0.528. The SMILES string of the molecule is CNc1nc(CN2CCC(C)(O)CC2)nc2c1cnn2C. The molecule has 0 amide bonds. The topological polar surface area (TPSA) is 79.1 Å². The van der Waals surface area contributed by atoms with Crippen molar-refractivity contribution < 1.29 is 5.11 Å². The van der Waals surface area contributed by atoms with Crippen LogP contribution in [0.5, 0.6) is 0 Å². The van der Waals surface area contributed by atoms with Crippen molar-refractivity contribution in [1.82, 2.24) is 24.6 Å². The molecule has 0 unspecified atom stereocenters. The predicted octanol–water partition coefficient (Wildman–Crippen LogP) is 0.752. The lowest BCUT2D eigenvalue weighted by molar-refractivity contribution is -0.00785. The molecule has 7 nitrogen and oxygen atoms in total. The Hall–Kier alpha value is -1.73. The van der Waals surface area contributed by atoms with Crippen molar-refractivity contribution in [2.24, 2.45) is 7.05 Å². The van der Waals surface area contributed by atoms with Gasteiger partial charge < -0.3 is 10.4 Å². The average molecular weight is 290 g/mol. The Labute approximate surface area is 124 Å². The first kappa shape index (κ1) is 14.2. The monoisotopic (exact) mass is 290 g/mol. The van der Waals surface area contributed by atoms with E-state index in [2.05, 4.69) is 25.3 Å². The number of nitrogens with zero attached hydrogens (tertiary/aromatic N) is 5. The summed E-state index contributed by atoms with van der Waals surface area (Å²) in [6, 6.07) is 0. The van der Waals surface area contributed by atoms with E-state index in [-0.39, 0.29) is 0 Å². The molecule has 2 aromatic rings. The summed E-state index contributed by atoms with van der Waals surface area (Å²) in [7, 11) is 3.74. The Morgan fingerprint density at radius 2 is 2.05 bits per heavy atom. The standard InChI is InChI=1S/C14H22N6O/c1-14(21)4-6-20(7-5-14)9-11-17-12(15-2)10-8-16-19(3)13(10)18-11/h8,21H,4-7,9H2,1-3H3,(H,15,17,18). The normalized spacial score (nSPS) is 19.0. The Morgan fingerprint density at radius 1 is 1.33 bits per heavy atom. The molecule has 0 aliphatic carbocycles. The van der Waals surface area contributed by atoms with Gasteiger partial charge in [-0.15, -0.1) is 0 Å². The molecule has 1 fully saturated rings. The second-order valence-corrected chi connectivity index (χ2v) is 6.02. The molecule has 1 aliphatic heterocycles. The fourth-order valence-corrected chi connectivity index (χ4v) is 2.72. The number of hydrogen-bond acceptors (Lipinski definition) is 6. The highest BCUT2D eigenvalue weighted by atomic mass is 16.3. The Bertz CT molecular complexity index is 640. The number of aromatic nitrogens is 4. The van der Waals surface area contributed by atoms with Gasteiger partial charge in [0.15, 0.2) is 5.65 Å². The Kier molecular flexibility index (Phi) is 3.54. The summed E-state index contributed by atoms with van der Waals surface area (Å²) >= 11 is 0. The van der Waals surface area contributed by atoms with Crippen LogP contribution in [0.15, 0.2) is 6.20 Å². The molecular formula is C14H22N6O. The van der Waals surface area contributed by atoms with Gasteiger partial charge in [-0.05, 0) is 19.8 Å². The molecule has 2 aromatic heterocycles. The molecule has 0 radical (unpaired) electrons. The first-order chi connectivity index (χ1) is 9.98. The van der Waals surface area contributed by atoms with Gasteiger partial charge in [0.25, 0.3) is 0 Å². The van der Waals surface area contributed by atoms with Crippen LogP contribution in [0, 0.1) is 0 Å². The van der Waals surface area contributed by atoms with Crippen LogP contribution in [-0.2, 0) is 13.6 Å². The van der Waals surface area contributed by atoms with E-state index in [1.807, 2.05) is 21.0 Å². The third-order valence-corrected chi connectivity index (χ3v) is 4.17. The highest BCUT2D eigenvalue weighted by molar-refractivity contribution is 5.86. The molecule has 7 heteroatoms. The third kappa shape index (κ3) is 2.84. The van der Waals surface area contributed by atoms with Crippen molar-refractivity contribution in [3.63, 3.8) is 0 Å². The third-order valence-electron chi connectivity index (χ3n) is 4.17. The smallest absolute Gasteiger partial charge is 0.163 e. The van der Waals surface area contributed by atoms with Gasteiger partial charge in [-0.25, -0.2) is 9.97 Å². The number of hydrogen-bond donors (Lipinski definition) is 2. The van der Waals surface area contributed by atoms with E-state index in [1.165, 1.54) is 0 Å². The van der Waals surface area contributed by atoms with Crippen LogP contribution in [0.25, 0.3) is 11.0 Å². The molecule has 0 atom stereocenters. The number of nitrogens with one attached hydrogen (secondary N) is 1. The van der Waals surface area contributed by atoms with Crippen molar-refractivity contribution in [3.8, 4) is 0 Å². The van der Waals surface area contributed by atoms with Gasteiger partial charge in [0.2, 0.25) is 0 Å². The van der Waals surface area contributed by atoms with Gasteiger partial charge in [0, 0.05) is 27.2 Å². The Balaban J connectivity index is 1.82. The lowest BCUT2D eigenvalue weighted by Crippen LogP contribution is -2.42. The maximum Gasteiger partial charge on any atom is 0.163 e. The van der Waals surface area contributed by atoms with Crippen LogP contribution in [0.2, 0.25) is 0 Å². The molecule has 3 rings (SSSR count). The summed E-state index contributed by atoms with van der Waals surface area (Å²) in [5.74, 6) is 1.60. The highest BCUT2D eigenvalue weighted by Crippen LogP contribution is 2.23. The summed E-state index contributed by atoms with van der Waals surface area (Å²) in [4.78, 5) is 11.5. The zero-order chi connectivity index (χ0) is 15.0. The number of piperidine rings is 1. The van der Waals surface area contributed by atoms with E-state index in [4.69, 9.17) is 0 Å². The molecule has 3 heterocycles. The molecule has 0 saturated carbocycles. The van der Waals surface area contributed by atoms with Crippen molar-refractivity contribution in [3.05, 3.63) is 12.0 Å². The molecule has 0 bridgehead atoms. The minimum Gasteiger partial charge on any atom is -0.390 e. The molecule has 0 spiro atoms. The maximum absolute atomic E-state index is 10.0. The summed E-state index contributed by atoms with van der Waals surface area (Å²) in [5, 5.41) is 18.3. The van der Waals surface area contributed by atoms with Crippen LogP contribution in [-0.4, -0.2) is 55.5 Å². The predicted molar refractivity (Wildman–Crippen MR) is 81.0 cm³/mol. The maximum atomic E-state index is 10.0. The van der Waals surface area contributed by atoms with Crippen LogP contribution >= 0.6 is 0 Å². The average Bonchev–Trinajstić information content (AvgIpc) is 2.82. The fourth-order valence-electron chi connectivity index (χ4n) is 2.72. The molecular weight excluding hydrogens is 268 g/mol. The second-order valence-electron chi connectivity index (χ2n) is 6.02. The van der Waals surface area contributed by atoms with Crippen LogP contribution in [0.4, 0.5) is 5.82 Å². The van der Waals surface area contributed by atoms with E-state index < -0.39 is 5.60 Å². The number of anilines is 1. The first-order valence-electron chi connectivity index (χ1n) is 7.30. The van der Waals surface area contributed by atoms with Gasteiger partial charge >= 0.3 is 0 Å². The first-order valence-corrected chi connectivity index (χ1v) is 7.30. The summed E-state index contributed by atoms with van der Waals surface area (Å²) < 4.78 is 1.77. The lowest BCUT2D eigenvalue weighted by atomic mass is 9.94.